The zero-order valence-electron chi connectivity index (χ0n) is 16.5. The Balaban J connectivity index is 1.69. The lowest BCUT2D eigenvalue weighted by Gasteiger charge is -2.39. The Morgan fingerprint density at radius 2 is 1.88 bits per heavy atom. The van der Waals surface area contributed by atoms with E-state index in [0.717, 1.165) is 24.9 Å². The van der Waals surface area contributed by atoms with Gasteiger partial charge in [-0.2, -0.15) is 0 Å². The number of fused-ring (bicyclic) bond motifs is 1. The molecule has 2 aromatic rings. The summed E-state index contributed by atoms with van der Waals surface area (Å²) in [6.45, 7) is 11.6. The van der Waals surface area contributed by atoms with Crippen LogP contribution in [0.3, 0.4) is 0 Å². The molecule has 140 valence electrons. The molecule has 2 aromatic heterocycles. The third-order valence-electron chi connectivity index (χ3n) is 6.91. The molecule has 1 saturated carbocycles. The molecular weight excluding hydrogens is 318 g/mol. The Kier molecular flexibility index (Phi) is 5.06. The fourth-order valence-electron chi connectivity index (χ4n) is 5.36. The predicted molar refractivity (Wildman–Crippen MR) is 111 cm³/mol. The maximum absolute atomic E-state index is 4.88. The highest BCUT2D eigenvalue weighted by Gasteiger charge is 2.30. The van der Waals surface area contributed by atoms with Crippen molar-refractivity contribution in [3.63, 3.8) is 0 Å². The Labute approximate surface area is 158 Å². The topological polar surface area (TPSA) is 21.1 Å². The first-order valence-corrected chi connectivity index (χ1v) is 10.5. The van der Waals surface area contributed by atoms with Crippen LogP contribution < -0.4 is 4.90 Å². The van der Waals surface area contributed by atoms with E-state index in [2.05, 4.69) is 36.0 Å². The average Bonchev–Trinajstić information content (AvgIpc) is 2.94. The summed E-state index contributed by atoms with van der Waals surface area (Å²) < 4.78 is 2.41. The van der Waals surface area contributed by atoms with Gasteiger partial charge in [0, 0.05) is 36.9 Å². The number of anilines is 1. The Hall–Kier alpha value is -1.77. The van der Waals surface area contributed by atoms with Crippen LogP contribution in [0, 0.1) is 25.7 Å². The summed E-state index contributed by atoms with van der Waals surface area (Å²) in [6.07, 6.45) is 13.9. The van der Waals surface area contributed by atoms with Gasteiger partial charge in [0.2, 0.25) is 0 Å². The van der Waals surface area contributed by atoms with Gasteiger partial charge in [0.05, 0.1) is 5.52 Å². The van der Waals surface area contributed by atoms with E-state index >= 15 is 0 Å². The van der Waals surface area contributed by atoms with E-state index in [1.54, 1.807) is 0 Å². The number of hydrogen-bond acceptors (Lipinski definition) is 2. The molecule has 1 saturated heterocycles. The van der Waals surface area contributed by atoms with Crippen molar-refractivity contribution < 1.29 is 0 Å². The molecule has 0 aromatic carbocycles. The summed E-state index contributed by atoms with van der Waals surface area (Å²) in [5.41, 5.74) is 4.04. The number of piperidine rings is 1. The fourth-order valence-corrected chi connectivity index (χ4v) is 5.36. The second kappa shape index (κ2) is 7.46. The van der Waals surface area contributed by atoms with Crippen molar-refractivity contribution in [1.82, 2.24) is 9.55 Å². The van der Waals surface area contributed by atoms with E-state index in [1.807, 2.05) is 12.3 Å². The number of rotatable bonds is 4. The van der Waals surface area contributed by atoms with E-state index in [1.165, 1.54) is 79.5 Å². The van der Waals surface area contributed by atoms with Gasteiger partial charge in [-0.1, -0.05) is 38.2 Å². The minimum atomic E-state index is 0.853. The highest BCUT2D eigenvalue weighted by Crippen LogP contribution is 2.38. The van der Waals surface area contributed by atoms with Gasteiger partial charge in [-0.3, -0.25) is 0 Å². The van der Waals surface area contributed by atoms with Crippen molar-refractivity contribution in [2.75, 3.05) is 18.0 Å². The SMILES string of the molecule is C=CCn1c(C)c(C)c2ccnc(N3CCCC(C4CCCCC4)C3)c21. The largest absolute Gasteiger partial charge is 0.355 e. The van der Waals surface area contributed by atoms with Crippen molar-refractivity contribution in [1.29, 1.82) is 0 Å². The first-order chi connectivity index (χ1) is 12.7. The number of allylic oxidation sites excluding steroid dienone is 1. The van der Waals surface area contributed by atoms with E-state index < -0.39 is 0 Å². The molecule has 0 radical (unpaired) electrons. The van der Waals surface area contributed by atoms with Crippen LogP contribution in [0.25, 0.3) is 10.9 Å². The molecule has 26 heavy (non-hydrogen) atoms. The zero-order chi connectivity index (χ0) is 18.1. The van der Waals surface area contributed by atoms with Crippen LogP contribution in [0.1, 0.15) is 56.2 Å². The van der Waals surface area contributed by atoms with Crippen LogP contribution in [0.4, 0.5) is 5.82 Å². The summed E-state index contributed by atoms with van der Waals surface area (Å²) in [4.78, 5) is 7.47. The molecule has 1 aliphatic heterocycles. The quantitative estimate of drug-likeness (QED) is 0.665. The fraction of sp³-hybridized carbons (Fsp3) is 0.609. The maximum Gasteiger partial charge on any atom is 0.153 e. The lowest BCUT2D eigenvalue weighted by atomic mass is 9.76. The summed E-state index contributed by atoms with van der Waals surface area (Å²) >= 11 is 0. The molecule has 2 aliphatic rings. The second-order valence-corrected chi connectivity index (χ2v) is 8.39. The van der Waals surface area contributed by atoms with Crippen molar-refractivity contribution in [3.8, 4) is 0 Å². The Morgan fingerprint density at radius 3 is 2.65 bits per heavy atom. The first kappa shape index (κ1) is 17.6. The number of pyridine rings is 1. The zero-order valence-corrected chi connectivity index (χ0v) is 16.5. The Bertz CT molecular complexity index is 782. The Morgan fingerprint density at radius 1 is 1.12 bits per heavy atom. The number of hydrogen-bond donors (Lipinski definition) is 0. The van der Waals surface area contributed by atoms with Gasteiger partial charge in [0.15, 0.2) is 5.82 Å². The van der Waals surface area contributed by atoms with Crippen LogP contribution in [0.2, 0.25) is 0 Å². The predicted octanol–water partition coefficient (Wildman–Crippen LogP) is 5.64. The molecule has 1 atom stereocenters. The molecule has 0 N–H and O–H groups in total. The number of nitrogens with zero attached hydrogens (tertiary/aromatic N) is 3. The monoisotopic (exact) mass is 351 g/mol. The molecule has 3 heteroatoms. The number of aryl methyl sites for hydroxylation is 1. The van der Waals surface area contributed by atoms with Crippen molar-refractivity contribution in [3.05, 3.63) is 36.2 Å². The van der Waals surface area contributed by atoms with Gasteiger partial charge in [-0.25, -0.2) is 4.98 Å². The maximum atomic E-state index is 4.88. The lowest BCUT2D eigenvalue weighted by molar-refractivity contribution is 0.220. The van der Waals surface area contributed by atoms with Gasteiger partial charge in [0.1, 0.15) is 0 Å². The highest BCUT2D eigenvalue weighted by molar-refractivity contribution is 5.93. The normalized spacial score (nSPS) is 22.1. The van der Waals surface area contributed by atoms with Crippen LogP contribution in [0.5, 0.6) is 0 Å². The van der Waals surface area contributed by atoms with Crippen LogP contribution >= 0.6 is 0 Å². The van der Waals surface area contributed by atoms with E-state index in [-0.39, 0.29) is 0 Å². The van der Waals surface area contributed by atoms with Crippen molar-refractivity contribution in [2.24, 2.45) is 11.8 Å². The van der Waals surface area contributed by atoms with Gasteiger partial charge in [0.25, 0.3) is 0 Å². The van der Waals surface area contributed by atoms with Gasteiger partial charge < -0.3 is 9.47 Å². The molecule has 4 rings (SSSR count). The number of aromatic nitrogens is 2. The third-order valence-corrected chi connectivity index (χ3v) is 6.91. The van der Waals surface area contributed by atoms with E-state index in [4.69, 9.17) is 4.98 Å². The molecule has 2 fully saturated rings. The molecule has 3 heterocycles. The summed E-state index contributed by atoms with van der Waals surface area (Å²) in [5.74, 6) is 2.99. The van der Waals surface area contributed by atoms with Gasteiger partial charge in [-0.05, 0) is 50.2 Å². The molecular formula is C23H33N3. The minimum Gasteiger partial charge on any atom is -0.355 e. The smallest absolute Gasteiger partial charge is 0.153 e. The van der Waals surface area contributed by atoms with Gasteiger partial charge >= 0.3 is 0 Å². The van der Waals surface area contributed by atoms with Crippen molar-refractivity contribution in [2.45, 2.75) is 65.3 Å². The summed E-state index contributed by atoms with van der Waals surface area (Å²) in [5, 5.41) is 1.36. The molecule has 0 spiro atoms. The first-order valence-electron chi connectivity index (χ1n) is 10.5. The minimum absolute atomic E-state index is 0.853. The highest BCUT2D eigenvalue weighted by atomic mass is 15.2. The van der Waals surface area contributed by atoms with Crippen LogP contribution in [-0.4, -0.2) is 22.6 Å². The molecule has 0 bridgehead atoms. The summed E-state index contributed by atoms with van der Waals surface area (Å²) in [7, 11) is 0. The van der Waals surface area contributed by atoms with E-state index in [0.29, 0.717) is 0 Å². The lowest BCUT2D eigenvalue weighted by Crippen LogP contribution is -2.39. The molecule has 3 nitrogen and oxygen atoms in total. The molecule has 0 amide bonds. The van der Waals surface area contributed by atoms with Crippen LogP contribution in [-0.2, 0) is 6.54 Å². The standard InChI is InChI=1S/C23H33N3/c1-4-14-26-18(3)17(2)21-12-13-24-23(22(21)26)25-15-8-11-20(16-25)19-9-6-5-7-10-19/h4,12-13,19-20H,1,5-11,14-16H2,2-3H3. The average molecular weight is 352 g/mol. The second-order valence-electron chi connectivity index (χ2n) is 8.39. The molecule has 1 unspecified atom stereocenters. The van der Waals surface area contributed by atoms with Crippen LogP contribution in [0.15, 0.2) is 24.9 Å². The van der Waals surface area contributed by atoms with Crippen molar-refractivity contribution >= 4 is 16.7 Å². The molecule has 1 aliphatic carbocycles. The third kappa shape index (κ3) is 3.06. The summed E-state index contributed by atoms with van der Waals surface area (Å²) in [6, 6.07) is 2.18. The van der Waals surface area contributed by atoms with E-state index in [9.17, 15) is 0 Å². The van der Waals surface area contributed by atoms with Gasteiger partial charge in [-0.15, -0.1) is 6.58 Å².